The number of halogens is 1. The summed E-state index contributed by atoms with van der Waals surface area (Å²) in [6.07, 6.45) is 0.347. The number of rotatable bonds is 4. The van der Waals surface area contributed by atoms with E-state index in [4.69, 9.17) is 4.74 Å². The lowest BCUT2D eigenvalue weighted by Gasteiger charge is -2.11. The molecular weight excluding hydrogens is 278 g/mol. The normalized spacial score (nSPS) is 10.2. The van der Waals surface area contributed by atoms with Crippen molar-refractivity contribution in [1.82, 2.24) is 0 Å². The molecule has 1 aromatic carbocycles. The van der Waals surface area contributed by atoms with Gasteiger partial charge in [-0.25, -0.2) is 0 Å². The zero-order valence-corrected chi connectivity index (χ0v) is 10.4. The third kappa shape index (κ3) is 2.79. The summed E-state index contributed by atoms with van der Waals surface area (Å²) >= 11 is 3.19. The summed E-state index contributed by atoms with van der Waals surface area (Å²) in [5.41, 5.74) is -0.234. The van der Waals surface area contributed by atoms with Crippen molar-refractivity contribution in [3.05, 3.63) is 32.3 Å². The van der Waals surface area contributed by atoms with Crippen LogP contribution in [0.15, 0.2) is 16.6 Å². The van der Waals surface area contributed by atoms with E-state index in [0.717, 1.165) is 0 Å². The fourth-order valence-electron chi connectivity index (χ4n) is 1.15. The Morgan fingerprint density at radius 3 is 2.56 bits per heavy atom. The Labute approximate surface area is 101 Å². The lowest BCUT2D eigenvalue weighted by Crippen LogP contribution is -2.07. The Hall–Kier alpha value is -1.43. The number of hydrogen-bond acceptors (Lipinski definition) is 4. The highest BCUT2D eigenvalue weighted by molar-refractivity contribution is 9.10. The predicted octanol–water partition coefficient (Wildman–Crippen LogP) is 2.96. The number of nitrogens with zero attached hydrogens (tertiary/aromatic N) is 1. The fraction of sp³-hybridized carbons (Fsp3) is 0.300. The van der Waals surface area contributed by atoms with Gasteiger partial charge >= 0.3 is 0 Å². The van der Waals surface area contributed by atoms with E-state index >= 15 is 0 Å². The first-order valence-electron chi connectivity index (χ1n) is 4.55. The van der Waals surface area contributed by atoms with Gasteiger partial charge in [0.15, 0.2) is 6.29 Å². The number of nitro benzene ring substituents is 1. The first kappa shape index (κ1) is 12.6. The highest BCUT2D eigenvalue weighted by Crippen LogP contribution is 2.32. The minimum atomic E-state index is -0.608. The molecule has 0 heterocycles. The van der Waals surface area contributed by atoms with Gasteiger partial charge in [-0.15, -0.1) is 0 Å². The standard InChI is InChI=1S/C10H10BrNO4/c1-6(2)16-10-4-9(12(14)15)7(5-13)3-8(10)11/h3-6H,1-2H3. The number of ether oxygens (including phenoxy) is 1. The van der Waals surface area contributed by atoms with Crippen molar-refractivity contribution in [2.45, 2.75) is 20.0 Å². The van der Waals surface area contributed by atoms with Crippen LogP contribution in [0.4, 0.5) is 5.69 Å². The number of hydrogen-bond donors (Lipinski definition) is 0. The van der Waals surface area contributed by atoms with Crippen LogP contribution in [0.2, 0.25) is 0 Å². The Morgan fingerprint density at radius 1 is 1.50 bits per heavy atom. The van der Waals surface area contributed by atoms with Gasteiger partial charge in [-0.05, 0) is 35.8 Å². The zero-order valence-electron chi connectivity index (χ0n) is 8.77. The SMILES string of the molecule is CC(C)Oc1cc([N+](=O)[O-])c(C=O)cc1Br. The first-order chi connectivity index (χ1) is 7.45. The molecule has 0 fully saturated rings. The average Bonchev–Trinajstić information content (AvgIpc) is 2.19. The molecule has 0 amide bonds. The van der Waals surface area contributed by atoms with Gasteiger partial charge in [0.2, 0.25) is 0 Å². The van der Waals surface area contributed by atoms with Crippen molar-refractivity contribution in [1.29, 1.82) is 0 Å². The molecule has 0 radical (unpaired) electrons. The van der Waals surface area contributed by atoms with Crippen molar-refractivity contribution in [2.75, 3.05) is 0 Å². The van der Waals surface area contributed by atoms with Crippen molar-refractivity contribution in [3.8, 4) is 5.75 Å². The van der Waals surface area contributed by atoms with E-state index in [2.05, 4.69) is 15.9 Å². The molecule has 0 N–H and O–H groups in total. The molecular formula is C10H10BrNO4. The quantitative estimate of drug-likeness (QED) is 0.485. The number of benzene rings is 1. The van der Waals surface area contributed by atoms with Gasteiger partial charge in [0.25, 0.3) is 5.69 Å². The molecule has 0 aliphatic heterocycles. The molecule has 16 heavy (non-hydrogen) atoms. The van der Waals surface area contributed by atoms with Crippen LogP contribution in [0.25, 0.3) is 0 Å². The maximum atomic E-state index is 10.7. The van der Waals surface area contributed by atoms with E-state index in [9.17, 15) is 14.9 Å². The van der Waals surface area contributed by atoms with E-state index in [1.165, 1.54) is 12.1 Å². The molecule has 0 aromatic heterocycles. The summed E-state index contributed by atoms with van der Waals surface area (Å²) in [7, 11) is 0. The van der Waals surface area contributed by atoms with Gasteiger partial charge in [0, 0.05) is 0 Å². The summed E-state index contributed by atoms with van der Waals surface area (Å²) in [5.74, 6) is 0.354. The second-order valence-corrected chi connectivity index (χ2v) is 4.24. The van der Waals surface area contributed by atoms with Gasteiger partial charge in [0.05, 0.1) is 27.1 Å². The molecule has 0 bridgehead atoms. The lowest BCUT2D eigenvalue weighted by atomic mass is 10.2. The summed E-state index contributed by atoms with van der Waals surface area (Å²) in [6.45, 7) is 3.62. The van der Waals surface area contributed by atoms with E-state index in [1.54, 1.807) is 0 Å². The number of carbonyl (C=O) groups is 1. The Bertz CT molecular complexity index is 431. The topological polar surface area (TPSA) is 69.4 Å². The molecule has 5 nitrogen and oxygen atoms in total. The van der Waals surface area contributed by atoms with Crippen LogP contribution in [0.5, 0.6) is 5.75 Å². The molecule has 86 valence electrons. The van der Waals surface area contributed by atoms with Crippen LogP contribution in [0, 0.1) is 10.1 Å². The van der Waals surface area contributed by atoms with Crippen molar-refractivity contribution in [3.63, 3.8) is 0 Å². The zero-order chi connectivity index (χ0) is 12.3. The Kier molecular flexibility index (Phi) is 4.00. The smallest absolute Gasteiger partial charge is 0.283 e. The van der Waals surface area contributed by atoms with Crippen LogP contribution in [0.1, 0.15) is 24.2 Å². The van der Waals surface area contributed by atoms with Gasteiger partial charge in [-0.1, -0.05) is 0 Å². The molecule has 0 saturated heterocycles. The molecule has 0 aliphatic rings. The van der Waals surface area contributed by atoms with Gasteiger partial charge in [-0.3, -0.25) is 14.9 Å². The monoisotopic (exact) mass is 287 g/mol. The molecule has 6 heteroatoms. The number of carbonyl (C=O) groups excluding carboxylic acids is 1. The minimum Gasteiger partial charge on any atom is -0.490 e. The summed E-state index contributed by atoms with van der Waals surface area (Å²) in [6, 6.07) is 2.62. The molecule has 0 unspecified atom stereocenters. The Balaban J connectivity index is 3.27. The maximum Gasteiger partial charge on any atom is 0.283 e. The highest BCUT2D eigenvalue weighted by Gasteiger charge is 2.18. The second-order valence-electron chi connectivity index (χ2n) is 3.38. The predicted molar refractivity (Wildman–Crippen MR) is 61.9 cm³/mol. The van der Waals surface area contributed by atoms with Crippen LogP contribution in [-0.2, 0) is 0 Å². The summed E-state index contributed by atoms with van der Waals surface area (Å²) in [4.78, 5) is 20.7. The minimum absolute atomic E-state index is 0.0213. The highest BCUT2D eigenvalue weighted by atomic mass is 79.9. The van der Waals surface area contributed by atoms with Crippen LogP contribution in [-0.4, -0.2) is 17.3 Å². The molecule has 0 atom stereocenters. The molecule has 0 saturated carbocycles. The third-order valence-corrected chi connectivity index (χ3v) is 2.39. The van der Waals surface area contributed by atoms with Gasteiger partial charge in [0.1, 0.15) is 5.75 Å². The van der Waals surface area contributed by atoms with E-state index in [-0.39, 0.29) is 17.4 Å². The maximum absolute atomic E-state index is 10.7. The summed E-state index contributed by atoms with van der Waals surface area (Å²) < 4.78 is 5.89. The van der Waals surface area contributed by atoms with Crippen LogP contribution >= 0.6 is 15.9 Å². The first-order valence-corrected chi connectivity index (χ1v) is 5.34. The Morgan fingerprint density at radius 2 is 2.12 bits per heavy atom. The van der Waals surface area contributed by atoms with E-state index in [0.29, 0.717) is 16.5 Å². The average molecular weight is 288 g/mol. The van der Waals surface area contributed by atoms with Gasteiger partial charge in [-0.2, -0.15) is 0 Å². The molecule has 0 aliphatic carbocycles. The fourth-order valence-corrected chi connectivity index (χ4v) is 1.61. The largest absolute Gasteiger partial charge is 0.490 e. The van der Waals surface area contributed by atoms with Crippen molar-refractivity contribution in [2.24, 2.45) is 0 Å². The molecule has 0 spiro atoms. The van der Waals surface area contributed by atoms with E-state index in [1.807, 2.05) is 13.8 Å². The third-order valence-electron chi connectivity index (χ3n) is 1.77. The number of nitro groups is 1. The van der Waals surface area contributed by atoms with Crippen LogP contribution < -0.4 is 4.74 Å². The van der Waals surface area contributed by atoms with Crippen LogP contribution in [0.3, 0.4) is 0 Å². The summed E-state index contributed by atoms with van der Waals surface area (Å²) in [5, 5.41) is 10.7. The van der Waals surface area contributed by atoms with Gasteiger partial charge < -0.3 is 4.74 Å². The number of aldehydes is 1. The molecule has 1 rings (SSSR count). The van der Waals surface area contributed by atoms with E-state index < -0.39 is 4.92 Å². The second kappa shape index (κ2) is 5.07. The molecule has 1 aromatic rings. The van der Waals surface area contributed by atoms with Crippen molar-refractivity contribution < 1.29 is 14.5 Å². The van der Waals surface area contributed by atoms with Crippen molar-refractivity contribution >= 4 is 27.9 Å². The lowest BCUT2D eigenvalue weighted by molar-refractivity contribution is -0.385.